The van der Waals surface area contributed by atoms with Crippen LogP contribution in [0.5, 0.6) is 0 Å². The first kappa shape index (κ1) is 8.91. The van der Waals surface area contributed by atoms with E-state index in [-0.39, 0.29) is 18.4 Å². The molecule has 0 N–H and O–H groups in total. The third-order valence-electron chi connectivity index (χ3n) is 2.87. The monoisotopic (exact) mass is 189 g/mol. The summed E-state index contributed by atoms with van der Waals surface area (Å²) in [6.07, 6.45) is -0.557. The first-order valence-corrected chi connectivity index (χ1v) is 4.73. The van der Waals surface area contributed by atoms with Crippen LogP contribution < -0.4 is 0 Å². The van der Waals surface area contributed by atoms with Crippen LogP contribution in [-0.2, 0) is 4.79 Å². The van der Waals surface area contributed by atoms with Gasteiger partial charge in [-0.1, -0.05) is 0 Å². The summed E-state index contributed by atoms with van der Waals surface area (Å²) in [6, 6.07) is 0. The van der Waals surface area contributed by atoms with E-state index < -0.39 is 12.3 Å². The number of nitrogens with zero attached hydrogens (tertiary/aromatic N) is 1. The van der Waals surface area contributed by atoms with Crippen molar-refractivity contribution in [1.82, 2.24) is 4.90 Å². The van der Waals surface area contributed by atoms with Crippen LogP contribution >= 0.6 is 0 Å². The number of carbonyl (C=O) groups is 1. The standard InChI is InChI=1S/C9H13F2NO/c10-7-1-2-12(5-7)9(13)6-3-8(11)4-6/h6-8H,1-5H2. The van der Waals surface area contributed by atoms with E-state index in [1.165, 1.54) is 4.90 Å². The highest BCUT2D eigenvalue weighted by Crippen LogP contribution is 2.32. The lowest BCUT2D eigenvalue weighted by Crippen LogP contribution is -2.41. The molecule has 0 aromatic carbocycles. The van der Waals surface area contributed by atoms with E-state index >= 15 is 0 Å². The summed E-state index contributed by atoms with van der Waals surface area (Å²) < 4.78 is 25.2. The maximum Gasteiger partial charge on any atom is 0.225 e. The Morgan fingerprint density at radius 1 is 1.23 bits per heavy atom. The minimum absolute atomic E-state index is 0.0472. The average Bonchev–Trinajstić information content (AvgIpc) is 2.45. The number of amides is 1. The van der Waals surface area contributed by atoms with E-state index in [4.69, 9.17) is 0 Å². The van der Waals surface area contributed by atoms with Gasteiger partial charge in [-0.3, -0.25) is 4.79 Å². The smallest absolute Gasteiger partial charge is 0.225 e. The molecule has 13 heavy (non-hydrogen) atoms. The SMILES string of the molecule is O=C(C1CC(F)C1)N1CCC(F)C1. The highest BCUT2D eigenvalue weighted by atomic mass is 19.1. The number of likely N-dealkylation sites (tertiary alicyclic amines) is 1. The minimum Gasteiger partial charge on any atom is -0.339 e. The molecule has 2 rings (SSSR count). The lowest BCUT2D eigenvalue weighted by atomic mass is 9.82. The van der Waals surface area contributed by atoms with Gasteiger partial charge in [0.15, 0.2) is 0 Å². The quantitative estimate of drug-likeness (QED) is 0.609. The minimum atomic E-state index is -0.870. The third-order valence-corrected chi connectivity index (χ3v) is 2.87. The molecule has 0 aromatic rings. The molecule has 0 radical (unpaired) electrons. The first-order chi connectivity index (χ1) is 6.16. The lowest BCUT2D eigenvalue weighted by molar-refractivity contribution is -0.139. The zero-order valence-electron chi connectivity index (χ0n) is 7.38. The Bertz CT molecular complexity index is 216. The van der Waals surface area contributed by atoms with Gasteiger partial charge in [0, 0.05) is 12.5 Å². The molecule has 1 aliphatic heterocycles. The van der Waals surface area contributed by atoms with E-state index in [9.17, 15) is 13.6 Å². The van der Waals surface area contributed by atoms with Crippen LogP contribution in [0.3, 0.4) is 0 Å². The molecule has 1 unspecified atom stereocenters. The molecule has 1 aliphatic carbocycles. The van der Waals surface area contributed by atoms with E-state index in [1.54, 1.807) is 0 Å². The number of hydrogen-bond donors (Lipinski definition) is 0. The van der Waals surface area contributed by atoms with Crippen LogP contribution in [-0.4, -0.2) is 36.2 Å². The number of carbonyl (C=O) groups excluding carboxylic acids is 1. The molecule has 2 nitrogen and oxygen atoms in total. The molecule has 0 spiro atoms. The van der Waals surface area contributed by atoms with Gasteiger partial charge in [-0.2, -0.15) is 0 Å². The highest BCUT2D eigenvalue weighted by molar-refractivity contribution is 5.80. The molecule has 2 aliphatic rings. The second-order valence-corrected chi connectivity index (χ2v) is 3.94. The van der Waals surface area contributed by atoms with Crippen molar-refractivity contribution in [1.29, 1.82) is 0 Å². The van der Waals surface area contributed by atoms with Crippen LogP contribution in [0.1, 0.15) is 19.3 Å². The predicted molar refractivity (Wildman–Crippen MR) is 43.7 cm³/mol. The zero-order valence-corrected chi connectivity index (χ0v) is 7.38. The van der Waals surface area contributed by atoms with Gasteiger partial charge in [0.05, 0.1) is 6.54 Å². The van der Waals surface area contributed by atoms with Gasteiger partial charge in [0.2, 0.25) is 5.91 Å². The molecule has 2 fully saturated rings. The Kier molecular flexibility index (Phi) is 2.22. The maximum absolute atomic E-state index is 12.7. The van der Waals surface area contributed by atoms with Gasteiger partial charge >= 0.3 is 0 Å². The van der Waals surface area contributed by atoms with E-state index in [1.807, 2.05) is 0 Å². The van der Waals surface area contributed by atoms with Crippen molar-refractivity contribution in [3.8, 4) is 0 Å². The van der Waals surface area contributed by atoms with E-state index in [0.717, 1.165) is 0 Å². The van der Waals surface area contributed by atoms with Crippen molar-refractivity contribution in [2.24, 2.45) is 5.92 Å². The molecular formula is C9H13F2NO. The fourth-order valence-electron chi connectivity index (χ4n) is 1.93. The van der Waals surface area contributed by atoms with Gasteiger partial charge in [-0.05, 0) is 19.3 Å². The first-order valence-electron chi connectivity index (χ1n) is 4.73. The number of halogens is 2. The van der Waals surface area contributed by atoms with Gasteiger partial charge in [0.25, 0.3) is 0 Å². The topological polar surface area (TPSA) is 20.3 Å². The van der Waals surface area contributed by atoms with E-state index in [2.05, 4.69) is 0 Å². The number of alkyl halides is 2. The van der Waals surface area contributed by atoms with Crippen molar-refractivity contribution < 1.29 is 13.6 Å². The van der Waals surface area contributed by atoms with E-state index in [0.29, 0.717) is 25.8 Å². The summed E-state index contributed by atoms with van der Waals surface area (Å²) >= 11 is 0. The molecular weight excluding hydrogens is 176 g/mol. The molecule has 74 valence electrons. The van der Waals surface area contributed by atoms with Crippen molar-refractivity contribution in [2.45, 2.75) is 31.6 Å². The number of hydrogen-bond acceptors (Lipinski definition) is 1. The summed E-state index contributed by atoms with van der Waals surface area (Å²) in [6.45, 7) is 0.722. The Balaban J connectivity index is 1.84. The van der Waals surface area contributed by atoms with Gasteiger partial charge in [-0.25, -0.2) is 8.78 Å². The average molecular weight is 189 g/mol. The second kappa shape index (κ2) is 3.24. The number of rotatable bonds is 1. The Morgan fingerprint density at radius 3 is 2.38 bits per heavy atom. The van der Waals surface area contributed by atoms with Crippen LogP contribution in [0, 0.1) is 5.92 Å². The zero-order chi connectivity index (χ0) is 9.42. The van der Waals surface area contributed by atoms with Crippen molar-refractivity contribution in [3.63, 3.8) is 0 Å². The Morgan fingerprint density at radius 2 is 1.92 bits per heavy atom. The predicted octanol–water partition coefficient (Wildman–Crippen LogP) is 1.30. The Hall–Kier alpha value is -0.670. The van der Waals surface area contributed by atoms with Crippen LogP contribution in [0.4, 0.5) is 8.78 Å². The fraction of sp³-hybridized carbons (Fsp3) is 0.889. The summed E-state index contributed by atoms with van der Waals surface area (Å²) in [5.41, 5.74) is 0. The maximum atomic E-state index is 12.7. The van der Waals surface area contributed by atoms with Gasteiger partial charge in [-0.15, -0.1) is 0 Å². The second-order valence-electron chi connectivity index (χ2n) is 3.94. The molecule has 1 saturated carbocycles. The van der Waals surface area contributed by atoms with Crippen molar-refractivity contribution in [2.75, 3.05) is 13.1 Å². The Labute approximate surface area is 75.9 Å². The van der Waals surface area contributed by atoms with Crippen molar-refractivity contribution in [3.05, 3.63) is 0 Å². The van der Waals surface area contributed by atoms with Gasteiger partial charge in [0.1, 0.15) is 12.3 Å². The summed E-state index contributed by atoms with van der Waals surface area (Å²) in [5, 5.41) is 0. The molecule has 1 amide bonds. The molecule has 4 heteroatoms. The normalized spacial score (nSPS) is 38.9. The fourth-order valence-corrected chi connectivity index (χ4v) is 1.93. The van der Waals surface area contributed by atoms with Crippen molar-refractivity contribution >= 4 is 5.91 Å². The molecule has 1 heterocycles. The molecule has 1 saturated heterocycles. The molecule has 0 aromatic heterocycles. The largest absolute Gasteiger partial charge is 0.339 e. The van der Waals surface area contributed by atoms with Gasteiger partial charge < -0.3 is 4.90 Å². The summed E-state index contributed by atoms with van der Waals surface area (Å²) in [5.74, 6) is -0.214. The highest BCUT2D eigenvalue weighted by Gasteiger charge is 2.38. The van der Waals surface area contributed by atoms with Crippen LogP contribution in [0.25, 0.3) is 0 Å². The lowest BCUT2D eigenvalue weighted by Gasteiger charge is -2.31. The van der Waals surface area contributed by atoms with Crippen LogP contribution in [0.15, 0.2) is 0 Å². The summed E-state index contributed by atoms with van der Waals surface area (Å²) in [7, 11) is 0. The van der Waals surface area contributed by atoms with Crippen LogP contribution in [0.2, 0.25) is 0 Å². The summed E-state index contributed by atoms with van der Waals surface area (Å²) in [4.78, 5) is 13.0. The molecule has 1 atom stereocenters. The molecule has 0 bridgehead atoms. The third kappa shape index (κ3) is 1.67.